The molecule has 0 aliphatic carbocycles. The monoisotopic (exact) mass is 247 g/mol. The van der Waals surface area contributed by atoms with Crippen LogP contribution in [0, 0.1) is 0 Å². The molecule has 2 aliphatic heterocycles. The summed E-state index contributed by atoms with van der Waals surface area (Å²) in [5, 5.41) is 3.70. The van der Waals surface area contributed by atoms with E-state index in [0.717, 1.165) is 24.9 Å². The van der Waals surface area contributed by atoms with E-state index < -0.39 is 0 Å². The zero-order valence-corrected chi connectivity index (χ0v) is 10.9. The van der Waals surface area contributed by atoms with Gasteiger partial charge in [-0.15, -0.1) is 0 Å². The van der Waals surface area contributed by atoms with Crippen molar-refractivity contribution in [2.24, 2.45) is 0 Å². The second kappa shape index (κ2) is 5.14. The zero-order chi connectivity index (χ0) is 12.4. The summed E-state index contributed by atoms with van der Waals surface area (Å²) in [6, 6.07) is 3.48. The van der Waals surface area contributed by atoms with Gasteiger partial charge in [0.05, 0.1) is 24.7 Å². The lowest BCUT2D eigenvalue weighted by molar-refractivity contribution is 0.339. The highest BCUT2D eigenvalue weighted by Crippen LogP contribution is 2.26. The maximum atomic E-state index is 5.53. The van der Waals surface area contributed by atoms with Crippen LogP contribution in [0.25, 0.3) is 0 Å². The average molecular weight is 247 g/mol. The first-order chi connectivity index (χ1) is 8.85. The number of hydrogen-bond donors (Lipinski definition) is 1. The predicted molar refractivity (Wildman–Crippen MR) is 72.2 cm³/mol. The molecule has 18 heavy (non-hydrogen) atoms. The van der Waals surface area contributed by atoms with Crippen molar-refractivity contribution in [3.8, 4) is 5.75 Å². The minimum Gasteiger partial charge on any atom is -0.492 e. The van der Waals surface area contributed by atoms with Crippen LogP contribution in [0.5, 0.6) is 5.75 Å². The number of hydrogen-bond acceptors (Lipinski definition) is 4. The van der Waals surface area contributed by atoms with E-state index in [1.54, 1.807) is 6.20 Å². The van der Waals surface area contributed by atoms with Crippen LogP contribution in [0.4, 0.5) is 5.69 Å². The maximum absolute atomic E-state index is 5.53. The van der Waals surface area contributed by atoms with Crippen LogP contribution in [-0.2, 0) is 0 Å². The largest absolute Gasteiger partial charge is 0.492 e. The molecule has 2 saturated heterocycles. The lowest BCUT2D eigenvalue weighted by Crippen LogP contribution is -2.35. The Balaban J connectivity index is 1.75. The minimum absolute atomic E-state index is 0.647. The van der Waals surface area contributed by atoms with Crippen LogP contribution in [0.15, 0.2) is 18.5 Å². The molecule has 2 fully saturated rings. The van der Waals surface area contributed by atoms with Crippen LogP contribution in [0.2, 0.25) is 0 Å². The molecule has 0 unspecified atom stereocenters. The fourth-order valence-corrected chi connectivity index (χ4v) is 3.00. The Morgan fingerprint density at radius 1 is 1.33 bits per heavy atom. The van der Waals surface area contributed by atoms with Crippen molar-refractivity contribution in [3.63, 3.8) is 0 Å². The summed E-state index contributed by atoms with van der Waals surface area (Å²) in [6.45, 7) is 4.90. The lowest BCUT2D eigenvalue weighted by atomic mass is 10.1. The molecule has 3 rings (SSSR count). The van der Waals surface area contributed by atoms with Gasteiger partial charge in [0.25, 0.3) is 0 Å². The van der Waals surface area contributed by atoms with Gasteiger partial charge in [0.1, 0.15) is 5.75 Å². The molecule has 0 aromatic carbocycles. The van der Waals surface area contributed by atoms with Gasteiger partial charge >= 0.3 is 0 Å². The van der Waals surface area contributed by atoms with Crippen molar-refractivity contribution in [1.29, 1.82) is 0 Å². The Hall–Kier alpha value is -1.29. The van der Waals surface area contributed by atoms with Crippen molar-refractivity contribution in [1.82, 2.24) is 10.3 Å². The second-order valence-corrected chi connectivity index (χ2v) is 5.18. The van der Waals surface area contributed by atoms with Crippen LogP contribution in [0.3, 0.4) is 0 Å². The van der Waals surface area contributed by atoms with E-state index in [1.165, 1.54) is 24.9 Å². The Bertz CT molecular complexity index is 410. The number of fused-ring (bicyclic) bond motifs is 2. The molecule has 1 N–H and O–H groups in total. The van der Waals surface area contributed by atoms with E-state index in [9.17, 15) is 0 Å². The standard InChI is InChI=1S/C14H21N3O/c1-2-18-14-7-13(8-15-9-14)17-6-5-11-3-4-12(10-17)16-11/h7-9,11-12,16H,2-6,10H2,1H3/t11-,12+/m1/s1. The third kappa shape index (κ3) is 2.43. The summed E-state index contributed by atoms with van der Waals surface area (Å²) in [4.78, 5) is 6.72. The van der Waals surface area contributed by atoms with E-state index in [-0.39, 0.29) is 0 Å². The topological polar surface area (TPSA) is 37.4 Å². The molecule has 1 aromatic heterocycles. The number of aromatic nitrogens is 1. The SMILES string of the molecule is CCOc1cncc(N2CC[C@H]3CC[C@@H](C2)N3)c1. The summed E-state index contributed by atoms with van der Waals surface area (Å²) < 4.78 is 5.53. The number of ether oxygens (including phenoxy) is 1. The summed E-state index contributed by atoms with van der Waals surface area (Å²) in [5.41, 5.74) is 1.19. The van der Waals surface area contributed by atoms with Gasteiger partial charge in [-0.3, -0.25) is 4.98 Å². The van der Waals surface area contributed by atoms with Crippen LogP contribution in [-0.4, -0.2) is 36.8 Å². The van der Waals surface area contributed by atoms with Crippen molar-refractivity contribution in [3.05, 3.63) is 18.5 Å². The normalized spacial score (nSPS) is 27.1. The second-order valence-electron chi connectivity index (χ2n) is 5.18. The summed E-state index contributed by atoms with van der Waals surface area (Å²) >= 11 is 0. The highest BCUT2D eigenvalue weighted by atomic mass is 16.5. The van der Waals surface area contributed by atoms with Gasteiger partial charge in [0.15, 0.2) is 0 Å². The highest BCUT2D eigenvalue weighted by molar-refractivity contribution is 5.48. The third-order valence-corrected chi connectivity index (χ3v) is 3.90. The Morgan fingerprint density at radius 2 is 2.22 bits per heavy atom. The zero-order valence-electron chi connectivity index (χ0n) is 10.9. The number of pyridine rings is 1. The number of anilines is 1. The molecular formula is C14H21N3O. The van der Waals surface area contributed by atoms with Crippen molar-refractivity contribution >= 4 is 5.69 Å². The molecule has 2 bridgehead atoms. The fraction of sp³-hybridized carbons (Fsp3) is 0.643. The first-order valence-electron chi connectivity index (χ1n) is 6.94. The molecule has 2 atom stereocenters. The van der Waals surface area contributed by atoms with Crippen molar-refractivity contribution in [2.75, 3.05) is 24.6 Å². The van der Waals surface area contributed by atoms with E-state index in [2.05, 4.69) is 21.3 Å². The predicted octanol–water partition coefficient (Wildman–Crippen LogP) is 1.81. The Morgan fingerprint density at radius 3 is 3.11 bits per heavy atom. The Labute approximate surface area is 108 Å². The van der Waals surface area contributed by atoms with Crippen LogP contribution < -0.4 is 15.0 Å². The smallest absolute Gasteiger partial charge is 0.139 e. The summed E-state index contributed by atoms with van der Waals surface area (Å²) in [5.74, 6) is 0.873. The molecule has 0 radical (unpaired) electrons. The third-order valence-electron chi connectivity index (χ3n) is 3.90. The van der Waals surface area contributed by atoms with Gasteiger partial charge in [-0.05, 0) is 26.2 Å². The van der Waals surface area contributed by atoms with Crippen LogP contribution >= 0.6 is 0 Å². The molecule has 4 heteroatoms. The van der Waals surface area contributed by atoms with Gasteiger partial charge in [-0.25, -0.2) is 0 Å². The molecule has 3 heterocycles. The molecule has 2 aliphatic rings. The van der Waals surface area contributed by atoms with E-state index in [1.807, 2.05) is 13.1 Å². The quantitative estimate of drug-likeness (QED) is 0.884. The number of rotatable bonds is 3. The molecule has 0 saturated carbocycles. The molecule has 0 spiro atoms. The summed E-state index contributed by atoms with van der Waals surface area (Å²) in [7, 11) is 0. The van der Waals surface area contributed by atoms with Gasteiger partial charge in [0, 0.05) is 31.2 Å². The van der Waals surface area contributed by atoms with Gasteiger partial charge in [-0.1, -0.05) is 0 Å². The molecular weight excluding hydrogens is 226 g/mol. The van der Waals surface area contributed by atoms with Crippen molar-refractivity contribution < 1.29 is 4.74 Å². The molecule has 0 amide bonds. The molecule has 4 nitrogen and oxygen atoms in total. The van der Waals surface area contributed by atoms with E-state index in [0.29, 0.717) is 12.6 Å². The number of nitrogens with one attached hydrogen (secondary N) is 1. The van der Waals surface area contributed by atoms with Crippen LogP contribution in [0.1, 0.15) is 26.2 Å². The molecule has 1 aromatic rings. The lowest BCUT2D eigenvalue weighted by Gasteiger charge is -2.26. The van der Waals surface area contributed by atoms with Gasteiger partial charge in [-0.2, -0.15) is 0 Å². The molecule has 98 valence electrons. The first-order valence-corrected chi connectivity index (χ1v) is 6.94. The number of nitrogens with zero attached hydrogens (tertiary/aromatic N) is 2. The van der Waals surface area contributed by atoms with Gasteiger partial charge in [0.2, 0.25) is 0 Å². The fourth-order valence-electron chi connectivity index (χ4n) is 3.00. The maximum Gasteiger partial charge on any atom is 0.139 e. The van der Waals surface area contributed by atoms with E-state index >= 15 is 0 Å². The average Bonchev–Trinajstić information content (AvgIpc) is 2.70. The first kappa shape index (κ1) is 11.8. The highest BCUT2D eigenvalue weighted by Gasteiger charge is 2.29. The van der Waals surface area contributed by atoms with Crippen molar-refractivity contribution in [2.45, 2.75) is 38.3 Å². The van der Waals surface area contributed by atoms with Gasteiger partial charge < -0.3 is 15.0 Å². The van der Waals surface area contributed by atoms with E-state index in [4.69, 9.17) is 4.74 Å². The minimum atomic E-state index is 0.647. The summed E-state index contributed by atoms with van der Waals surface area (Å²) in [6.07, 6.45) is 7.61. The Kier molecular flexibility index (Phi) is 3.37.